The summed E-state index contributed by atoms with van der Waals surface area (Å²) >= 11 is 2.98. The van der Waals surface area contributed by atoms with Gasteiger partial charge in [-0.2, -0.15) is 5.26 Å². The summed E-state index contributed by atoms with van der Waals surface area (Å²) in [5.74, 6) is -1.64. The van der Waals surface area contributed by atoms with Crippen LogP contribution in [0.25, 0.3) is 0 Å². The van der Waals surface area contributed by atoms with Crippen LogP contribution >= 0.6 is 15.9 Å². The minimum absolute atomic E-state index is 0.0108. The molecule has 13 heavy (non-hydrogen) atoms. The average Bonchev–Trinajstić information content (AvgIpc) is 2.12. The van der Waals surface area contributed by atoms with Crippen LogP contribution < -0.4 is 4.74 Å². The molecule has 0 aliphatic heterocycles. The Bertz CT molecular complexity index is 386. The van der Waals surface area contributed by atoms with Crippen molar-refractivity contribution in [3.63, 3.8) is 0 Å². The summed E-state index contributed by atoms with van der Waals surface area (Å²) in [4.78, 5) is 0. The number of hydrogen-bond donors (Lipinski definition) is 1. The van der Waals surface area contributed by atoms with Gasteiger partial charge in [-0.3, -0.25) is 0 Å². The number of nitrogens with zero attached hydrogens (tertiary/aromatic N) is 1. The van der Waals surface area contributed by atoms with E-state index in [2.05, 4.69) is 20.7 Å². The van der Waals surface area contributed by atoms with Gasteiger partial charge in [0.1, 0.15) is 11.6 Å². The fraction of sp³-hybridized carbons (Fsp3) is 0.125. The molecular weight excluding hydrogens is 241 g/mol. The Morgan fingerprint density at radius 3 is 2.77 bits per heavy atom. The maximum Gasteiger partial charge on any atom is 0.195 e. The average molecular weight is 246 g/mol. The van der Waals surface area contributed by atoms with Crippen LogP contribution in [0.5, 0.6) is 11.5 Å². The number of nitriles is 1. The van der Waals surface area contributed by atoms with Gasteiger partial charge in [0.05, 0.1) is 7.11 Å². The molecule has 1 rings (SSSR count). The Labute approximate surface area is 82.5 Å². The fourth-order valence-corrected chi connectivity index (χ4v) is 1.32. The SMILES string of the molecule is COc1cc(Br)c(C#N)c(F)c1O. The minimum atomic E-state index is -0.978. The Morgan fingerprint density at radius 1 is 1.69 bits per heavy atom. The van der Waals surface area contributed by atoms with Gasteiger partial charge >= 0.3 is 0 Å². The largest absolute Gasteiger partial charge is 0.502 e. The number of ether oxygens (including phenoxy) is 1. The van der Waals surface area contributed by atoms with E-state index in [9.17, 15) is 4.39 Å². The topological polar surface area (TPSA) is 53.2 Å². The first kappa shape index (κ1) is 9.81. The third-order valence-corrected chi connectivity index (χ3v) is 2.11. The van der Waals surface area contributed by atoms with Gasteiger partial charge in [-0.1, -0.05) is 0 Å². The van der Waals surface area contributed by atoms with Gasteiger partial charge in [0.25, 0.3) is 0 Å². The molecule has 1 aromatic rings. The lowest BCUT2D eigenvalue weighted by atomic mass is 10.2. The van der Waals surface area contributed by atoms with Crippen LogP contribution in [0.15, 0.2) is 10.5 Å². The van der Waals surface area contributed by atoms with Crippen molar-refractivity contribution < 1.29 is 14.2 Å². The van der Waals surface area contributed by atoms with Gasteiger partial charge in [0.15, 0.2) is 17.3 Å². The van der Waals surface area contributed by atoms with E-state index in [-0.39, 0.29) is 15.8 Å². The molecule has 0 spiro atoms. The van der Waals surface area contributed by atoms with Gasteiger partial charge < -0.3 is 9.84 Å². The zero-order chi connectivity index (χ0) is 10.0. The lowest BCUT2D eigenvalue weighted by Gasteiger charge is -2.06. The Morgan fingerprint density at radius 2 is 2.31 bits per heavy atom. The van der Waals surface area contributed by atoms with Crippen molar-refractivity contribution in [1.82, 2.24) is 0 Å². The van der Waals surface area contributed by atoms with E-state index in [1.165, 1.54) is 13.2 Å². The number of aromatic hydroxyl groups is 1. The summed E-state index contributed by atoms with van der Waals surface area (Å²) in [7, 11) is 1.30. The molecule has 3 nitrogen and oxygen atoms in total. The third-order valence-electron chi connectivity index (χ3n) is 1.49. The summed E-state index contributed by atoms with van der Waals surface area (Å²) in [6.07, 6.45) is 0. The van der Waals surface area contributed by atoms with Crippen LogP contribution in [0.2, 0.25) is 0 Å². The molecule has 1 aromatic carbocycles. The van der Waals surface area contributed by atoms with Crippen LogP contribution in [0.3, 0.4) is 0 Å². The van der Waals surface area contributed by atoms with Crippen LogP contribution in [-0.4, -0.2) is 12.2 Å². The first-order valence-corrected chi connectivity index (χ1v) is 4.06. The molecule has 0 heterocycles. The normalized spacial score (nSPS) is 9.38. The van der Waals surface area contributed by atoms with Crippen LogP contribution in [0.4, 0.5) is 4.39 Å². The standard InChI is InChI=1S/C8H5BrFNO2/c1-13-6-2-5(9)4(3-11)7(10)8(6)12/h2,12H,1H3. The molecule has 5 heteroatoms. The highest BCUT2D eigenvalue weighted by molar-refractivity contribution is 9.10. The first-order valence-electron chi connectivity index (χ1n) is 3.26. The molecule has 0 saturated carbocycles. The quantitative estimate of drug-likeness (QED) is 0.826. The van der Waals surface area contributed by atoms with Crippen LogP contribution in [0.1, 0.15) is 5.56 Å². The van der Waals surface area contributed by atoms with Crippen molar-refractivity contribution in [2.75, 3.05) is 7.11 Å². The van der Waals surface area contributed by atoms with E-state index >= 15 is 0 Å². The summed E-state index contributed by atoms with van der Waals surface area (Å²) in [5, 5.41) is 17.7. The molecule has 0 bridgehead atoms. The van der Waals surface area contributed by atoms with E-state index in [1.807, 2.05) is 0 Å². The van der Waals surface area contributed by atoms with Gasteiger partial charge in [0.2, 0.25) is 0 Å². The highest BCUT2D eigenvalue weighted by Crippen LogP contribution is 2.35. The molecule has 0 saturated heterocycles. The molecule has 0 unspecified atom stereocenters. The lowest BCUT2D eigenvalue weighted by Crippen LogP contribution is -1.91. The molecule has 0 aliphatic carbocycles. The predicted molar refractivity (Wildman–Crippen MR) is 47.0 cm³/mol. The van der Waals surface area contributed by atoms with Crippen molar-refractivity contribution in [2.24, 2.45) is 0 Å². The molecular formula is C8H5BrFNO2. The van der Waals surface area contributed by atoms with Crippen molar-refractivity contribution in [3.8, 4) is 17.6 Å². The molecule has 0 radical (unpaired) electrons. The van der Waals surface area contributed by atoms with E-state index in [1.54, 1.807) is 6.07 Å². The molecule has 68 valence electrons. The van der Waals surface area contributed by atoms with Gasteiger partial charge in [-0.25, -0.2) is 4.39 Å². The third kappa shape index (κ3) is 1.58. The minimum Gasteiger partial charge on any atom is -0.502 e. The Balaban J connectivity index is 3.48. The summed E-state index contributed by atoms with van der Waals surface area (Å²) in [6, 6.07) is 2.95. The number of methoxy groups -OCH3 is 1. The predicted octanol–water partition coefficient (Wildman–Crippen LogP) is 2.17. The smallest absolute Gasteiger partial charge is 0.195 e. The van der Waals surface area contributed by atoms with Gasteiger partial charge in [-0.15, -0.1) is 0 Å². The van der Waals surface area contributed by atoms with Crippen molar-refractivity contribution in [2.45, 2.75) is 0 Å². The Kier molecular flexibility index (Phi) is 2.73. The maximum atomic E-state index is 13.1. The molecule has 0 fully saturated rings. The first-order chi connectivity index (χ1) is 6.11. The number of phenols is 1. The van der Waals surface area contributed by atoms with E-state index in [0.717, 1.165) is 0 Å². The molecule has 0 atom stereocenters. The van der Waals surface area contributed by atoms with Crippen molar-refractivity contribution in [1.29, 1.82) is 5.26 Å². The number of rotatable bonds is 1. The lowest BCUT2D eigenvalue weighted by molar-refractivity contribution is 0.356. The van der Waals surface area contributed by atoms with E-state index in [0.29, 0.717) is 0 Å². The van der Waals surface area contributed by atoms with Crippen molar-refractivity contribution >= 4 is 15.9 Å². The highest BCUT2D eigenvalue weighted by Gasteiger charge is 2.16. The van der Waals surface area contributed by atoms with E-state index < -0.39 is 11.6 Å². The summed E-state index contributed by atoms with van der Waals surface area (Å²) in [6.45, 7) is 0. The Hall–Kier alpha value is -1.28. The zero-order valence-corrected chi connectivity index (χ0v) is 8.22. The number of benzene rings is 1. The van der Waals surface area contributed by atoms with Gasteiger partial charge in [-0.05, 0) is 22.0 Å². The fourth-order valence-electron chi connectivity index (χ4n) is 0.845. The molecule has 1 N–H and O–H groups in total. The monoisotopic (exact) mass is 245 g/mol. The second kappa shape index (κ2) is 3.62. The second-order valence-electron chi connectivity index (χ2n) is 2.21. The van der Waals surface area contributed by atoms with Crippen LogP contribution in [0, 0.1) is 17.1 Å². The maximum absolute atomic E-state index is 13.1. The van der Waals surface area contributed by atoms with Gasteiger partial charge in [0, 0.05) is 4.47 Å². The summed E-state index contributed by atoms with van der Waals surface area (Å²) in [5.41, 5.74) is -0.238. The molecule has 0 amide bonds. The molecule has 0 aliphatic rings. The number of phenolic OH excluding ortho intramolecular Hbond substituents is 1. The van der Waals surface area contributed by atoms with Crippen molar-refractivity contribution in [3.05, 3.63) is 21.9 Å². The number of halogens is 2. The summed E-state index contributed by atoms with van der Waals surface area (Å²) < 4.78 is 18.1. The number of hydrogen-bond acceptors (Lipinski definition) is 3. The van der Waals surface area contributed by atoms with Crippen LogP contribution in [-0.2, 0) is 0 Å². The van der Waals surface area contributed by atoms with E-state index in [4.69, 9.17) is 10.4 Å². The second-order valence-corrected chi connectivity index (χ2v) is 3.06. The molecule has 0 aromatic heterocycles. The highest BCUT2D eigenvalue weighted by atomic mass is 79.9. The zero-order valence-electron chi connectivity index (χ0n) is 6.64.